The fourth-order valence-electron chi connectivity index (χ4n) is 3.92. The normalized spacial score (nSPS) is 27.9. The summed E-state index contributed by atoms with van der Waals surface area (Å²) < 4.78 is 6.09. The minimum absolute atomic E-state index is 0.247. The molecule has 0 unspecified atom stereocenters. The van der Waals surface area contributed by atoms with Gasteiger partial charge < -0.3 is 14.7 Å². The summed E-state index contributed by atoms with van der Waals surface area (Å²) in [5, 5.41) is 13.2. The minimum Gasteiger partial charge on any atom is -0.478 e. The highest BCUT2D eigenvalue weighted by Crippen LogP contribution is 2.44. The maximum absolute atomic E-state index is 11.0. The molecule has 2 aliphatic rings. The van der Waals surface area contributed by atoms with Crippen molar-refractivity contribution in [2.75, 3.05) is 6.61 Å². The lowest BCUT2D eigenvalue weighted by molar-refractivity contribution is 0.0696. The third-order valence-corrected chi connectivity index (χ3v) is 5.31. The Labute approximate surface area is 149 Å². The zero-order valence-corrected chi connectivity index (χ0v) is 14.8. The zero-order valence-electron chi connectivity index (χ0n) is 14.8. The Kier molecular flexibility index (Phi) is 6.08. The summed E-state index contributed by atoms with van der Waals surface area (Å²) in [6.45, 7) is 2.84. The van der Waals surface area contributed by atoms with Crippen molar-refractivity contribution in [3.63, 3.8) is 0 Å². The molecule has 1 N–H and O–H groups in total. The molecule has 5 nitrogen and oxygen atoms in total. The molecule has 0 spiro atoms. The largest absolute Gasteiger partial charge is 0.478 e. The lowest BCUT2D eigenvalue weighted by atomic mass is 9.77. The lowest BCUT2D eigenvalue weighted by Gasteiger charge is -2.25. The van der Waals surface area contributed by atoms with Gasteiger partial charge in [0.15, 0.2) is 0 Å². The zero-order chi connectivity index (χ0) is 17.6. The van der Waals surface area contributed by atoms with Crippen molar-refractivity contribution in [2.45, 2.75) is 57.7 Å². The van der Waals surface area contributed by atoms with Crippen LogP contribution in [-0.2, 0) is 16.0 Å². The van der Waals surface area contributed by atoms with E-state index in [0.29, 0.717) is 18.1 Å². The van der Waals surface area contributed by atoms with Gasteiger partial charge in [0.2, 0.25) is 0 Å². The highest BCUT2D eigenvalue weighted by Gasteiger charge is 2.48. The molecule has 5 heteroatoms. The summed E-state index contributed by atoms with van der Waals surface area (Å²) >= 11 is 0. The van der Waals surface area contributed by atoms with Crippen molar-refractivity contribution in [1.82, 2.24) is 0 Å². The quantitative estimate of drug-likeness (QED) is 0.418. The Hall–Kier alpha value is -1.88. The first-order valence-electron chi connectivity index (χ1n) is 9.32. The Balaban J connectivity index is 1.58. The summed E-state index contributed by atoms with van der Waals surface area (Å²) in [6, 6.07) is 7.16. The van der Waals surface area contributed by atoms with Gasteiger partial charge in [0.05, 0.1) is 17.8 Å². The van der Waals surface area contributed by atoms with Crippen LogP contribution in [0.5, 0.6) is 0 Å². The first-order valence-corrected chi connectivity index (χ1v) is 9.32. The van der Waals surface area contributed by atoms with E-state index in [9.17, 15) is 4.79 Å². The summed E-state index contributed by atoms with van der Waals surface area (Å²) in [5.41, 5.74) is 1.47. The van der Waals surface area contributed by atoms with Crippen molar-refractivity contribution >= 4 is 12.2 Å². The molecule has 2 bridgehead atoms. The monoisotopic (exact) mass is 345 g/mol. The van der Waals surface area contributed by atoms with Gasteiger partial charge in [-0.25, -0.2) is 4.79 Å². The smallest absolute Gasteiger partial charge is 0.335 e. The van der Waals surface area contributed by atoms with Crippen molar-refractivity contribution in [2.24, 2.45) is 17.0 Å². The molecule has 0 radical (unpaired) electrons. The molecule has 25 heavy (non-hydrogen) atoms. The lowest BCUT2D eigenvalue weighted by Crippen LogP contribution is -2.30. The van der Waals surface area contributed by atoms with Crippen LogP contribution < -0.4 is 0 Å². The number of benzene rings is 1. The molecule has 0 aromatic heterocycles. The van der Waals surface area contributed by atoms with Crippen molar-refractivity contribution in [3.8, 4) is 0 Å². The van der Waals surface area contributed by atoms with Crippen LogP contribution in [-0.4, -0.2) is 36.1 Å². The first kappa shape index (κ1) is 17.9. The fourth-order valence-corrected chi connectivity index (χ4v) is 3.92. The molecule has 1 aromatic rings. The number of fused-ring (bicyclic) bond motifs is 2. The third kappa shape index (κ3) is 4.40. The van der Waals surface area contributed by atoms with E-state index in [1.165, 1.54) is 12.8 Å². The second-order valence-corrected chi connectivity index (χ2v) is 7.03. The number of carboxylic acid groups (broad SMARTS) is 1. The number of rotatable bonds is 9. The van der Waals surface area contributed by atoms with Gasteiger partial charge in [0, 0.05) is 12.1 Å². The summed E-state index contributed by atoms with van der Waals surface area (Å²) in [5.74, 6) is -0.221. The molecule has 0 amide bonds. The van der Waals surface area contributed by atoms with Gasteiger partial charge >= 0.3 is 5.97 Å². The summed E-state index contributed by atoms with van der Waals surface area (Å²) in [7, 11) is 0. The summed E-state index contributed by atoms with van der Waals surface area (Å²) in [6.07, 6.45) is 8.92. The maximum Gasteiger partial charge on any atom is 0.335 e. The molecular formula is C20H27NO4. The summed E-state index contributed by atoms with van der Waals surface area (Å²) in [4.78, 5) is 16.4. The fraction of sp³-hybridized carbons (Fsp3) is 0.600. The van der Waals surface area contributed by atoms with Crippen LogP contribution in [0.25, 0.3) is 0 Å². The van der Waals surface area contributed by atoms with Crippen LogP contribution >= 0.6 is 0 Å². The second-order valence-electron chi connectivity index (χ2n) is 7.03. The van der Waals surface area contributed by atoms with E-state index in [2.05, 4.69) is 12.1 Å². The number of carbonyl (C=O) groups is 1. The first-order chi connectivity index (χ1) is 12.2. The SMILES string of the molecule is CCCCCON=C[C@H]1[C@@H](Cc2ccc(C(=O)O)cc2)[C@H]2CC[C@@H]1O2. The van der Waals surface area contributed by atoms with Crippen LogP contribution in [0, 0.1) is 11.8 Å². The standard InChI is InChI=1S/C20H27NO4/c1-2-3-4-11-24-21-13-17-16(18-9-10-19(17)25-18)12-14-5-7-15(8-6-14)20(22)23/h5-8,13,16-19H,2-4,9-12H2,1H3,(H,22,23)/t16-,17+,18-,19+/m1/s1. The van der Waals surface area contributed by atoms with E-state index in [0.717, 1.165) is 31.2 Å². The number of hydrogen-bond acceptors (Lipinski definition) is 4. The molecule has 2 fully saturated rings. The van der Waals surface area contributed by atoms with Gasteiger partial charge in [-0.2, -0.15) is 0 Å². The van der Waals surface area contributed by atoms with Gasteiger partial charge in [0.1, 0.15) is 6.61 Å². The van der Waals surface area contributed by atoms with Gasteiger partial charge in [-0.1, -0.05) is 37.1 Å². The van der Waals surface area contributed by atoms with E-state index in [-0.39, 0.29) is 18.1 Å². The van der Waals surface area contributed by atoms with E-state index in [4.69, 9.17) is 14.7 Å². The minimum atomic E-state index is -0.889. The van der Waals surface area contributed by atoms with Crippen LogP contribution in [0.2, 0.25) is 0 Å². The molecule has 4 atom stereocenters. The van der Waals surface area contributed by atoms with E-state index >= 15 is 0 Å². The number of hydrogen-bond donors (Lipinski definition) is 1. The third-order valence-electron chi connectivity index (χ3n) is 5.31. The number of carboxylic acids is 1. The molecule has 2 saturated heterocycles. The molecule has 0 aliphatic carbocycles. The Morgan fingerprint density at radius 3 is 2.76 bits per heavy atom. The van der Waals surface area contributed by atoms with Crippen molar-refractivity contribution in [1.29, 1.82) is 0 Å². The van der Waals surface area contributed by atoms with Crippen LogP contribution in [0.4, 0.5) is 0 Å². The highest BCUT2D eigenvalue weighted by atomic mass is 16.6. The average molecular weight is 345 g/mol. The maximum atomic E-state index is 11.0. The Morgan fingerprint density at radius 1 is 1.28 bits per heavy atom. The van der Waals surface area contributed by atoms with E-state index in [1.54, 1.807) is 12.1 Å². The number of unbranched alkanes of at least 4 members (excludes halogenated alkanes) is 2. The Morgan fingerprint density at radius 2 is 2.04 bits per heavy atom. The van der Waals surface area contributed by atoms with Gasteiger partial charge in [0.25, 0.3) is 0 Å². The van der Waals surface area contributed by atoms with Gasteiger partial charge in [-0.05, 0) is 49.3 Å². The van der Waals surface area contributed by atoms with E-state index in [1.807, 2.05) is 18.3 Å². The predicted molar refractivity (Wildman–Crippen MR) is 95.9 cm³/mol. The van der Waals surface area contributed by atoms with Crippen molar-refractivity contribution < 1.29 is 19.5 Å². The number of oxime groups is 1. The van der Waals surface area contributed by atoms with Gasteiger partial charge in [-0.3, -0.25) is 0 Å². The number of nitrogens with zero attached hydrogens (tertiary/aromatic N) is 1. The van der Waals surface area contributed by atoms with Crippen LogP contribution in [0.1, 0.15) is 54.9 Å². The number of ether oxygens (including phenoxy) is 1. The molecule has 3 rings (SSSR count). The molecule has 2 aliphatic heterocycles. The molecule has 136 valence electrons. The van der Waals surface area contributed by atoms with Crippen LogP contribution in [0.3, 0.4) is 0 Å². The average Bonchev–Trinajstić information content (AvgIpc) is 3.21. The number of aromatic carboxylic acids is 1. The molecule has 2 heterocycles. The second kappa shape index (κ2) is 8.48. The van der Waals surface area contributed by atoms with E-state index < -0.39 is 5.97 Å². The highest BCUT2D eigenvalue weighted by molar-refractivity contribution is 5.87. The Bertz CT molecular complexity index is 598. The molecule has 0 saturated carbocycles. The topological polar surface area (TPSA) is 68.1 Å². The van der Waals surface area contributed by atoms with Gasteiger partial charge in [-0.15, -0.1) is 0 Å². The predicted octanol–water partition coefficient (Wildman–Crippen LogP) is 3.91. The van der Waals surface area contributed by atoms with Crippen molar-refractivity contribution in [3.05, 3.63) is 35.4 Å². The molecule has 1 aromatic carbocycles. The molecular weight excluding hydrogens is 318 g/mol. The van der Waals surface area contributed by atoms with Crippen LogP contribution in [0.15, 0.2) is 29.4 Å².